The second-order valence-corrected chi connectivity index (χ2v) is 8.82. The van der Waals surface area contributed by atoms with Gasteiger partial charge in [0, 0.05) is 23.0 Å². The lowest BCUT2D eigenvalue weighted by molar-refractivity contribution is -0.142. The fourth-order valence-corrected chi connectivity index (χ4v) is 4.18. The van der Waals surface area contributed by atoms with Gasteiger partial charge in [-0.25, -0.2) is 9.18 Å². The van der Waals surface area contributed by atoms with Crippen molar-refractivity contribution in [3.8, 4) is 5.75 Å². The Labute approximate surface area is 189 Å². The predicted octanol–water partition coefficient (Wildman–Crippen LogP) is 6.00. The van der Waals surface area contributed by atoms with Crippen LogP contribution in [0, 0.1) is 5.92 Å². The van der Waals surface area contributed by atoms with Crippen molar-refractivity contribution < 1.29 is 23.8 Å². The Bertz CT molecular complexity index is 900. The number of carboxylic acid groups (broad SMARTS) is 1. The van der Waals surface area contributed by atoms with E-state index in [1.807, 2.05) is 0 Å². The van der Waals surface area contributed by atoms with E-state index in [9.17, 15) is 14.0 Å². The van der Waals surface area contributed by atoms with Crippen molar-refractivity contribution in [2.24, 2.45) is 5.92 Å². The van der Waals surface area contributed by atoms with E-state index < -0.39 is 12.1 Å². The molecule has 0 spiro atoms. The summed E-state index contributed by atoms with van der Waals surface area (Å²) in [4.78, 5) is 22.6. The molecule has 29 heavy (non-hydrogen) atoms. The topological polar surface area (TPSA) is 75.6 Å². The van der Waals surface area contributed by atoms with Crippen molar-refractivity contribution in [2.45, 2.75) is 33.0 Å². The maximum Gasteiger partial charge on any atom is 0.338 e. The molecule has 156 valence electrons. The van der Waals surface area contributed by atoms with Crippen LogP contribution in [0.1, 0.15) is 25.0 Å². The zero-order chi connectivity index (χ0) is 21.7. The van der Waals surface area contributed by atoms with Crippen LogP contribution in [-0.2, 0) is 22.6 Å². The molecule has 0 saturated carbocycles. The summed E-state index contributed by atoms with van der Waals surface area (Å²) >= 11 is 12.9. The van der Waals surface area contributed by atoms with E-state index in [1.165, 1.54) is 0 Å². The Kier molecular flexibility index (Phi) is 8.48. The first-order chi connectivity index (χ1) is 13.6. The van der Waals surface area contributed by atoms with Crippen LogP contribution in [-0.4, -0.2) is 23.2 Å². The molecule has 2 rings (SSSR count). The number of carboxylic acids is 1. The summed E-state index contributed by atoms with van der Waals surface area (Å²) in [6.45, 7) is 3.76. The number of carbonyl (C=O) groups excluding carboxylic acids is 1. The molecule has 0 bridgehead atoms. The second kappa shape index (κ2) is 10.4. The normalized spacial score (nSPS) is 12.0. The quantitative estimate of drug-likeness (QED) is 0.422. The van der Waals surface area contributed by atoms with E-state index in [0.717, 1.165) is 5.56 Å². The van der Waals surface area contributed by atoms with Gasteiger partial charge in [-0.05, 0) is 73.3 Å². The minimum absolute atomic E-state index is 0.118. The van der Waals surface area contributed by atoms with Crippen molar-refractivity contribution in [2.75, 3.05) is 5.32 Å². The fourth-order valence-electron chi connectivity index (χ4n) is 2.41. The van der Waals surface area contributed by atoms with Crippen LogP contribution in [0.3, 0.4) is 0 Å². The van der Waals surface area contributed by atoms with Gasteiger partial charge in [0.15, 0.2) is 0 Å². The van der Waals surface area contributed by atoms with Crippen LogP contribution >= 0.6 is 43.5 Å². The number of rotatable bonds is 8. The first-order valence-electron chi connectivity index (χ1n) is 8.64. The van der Waals surface area contributed by atoms with Gasteiger partial charge in [-0.2, -0.15) is 0 Å². The molecular weight excluding hydrogens is 532 g/mol. The average molecular weight is 552 g/mol. The second-order valence-electron chi connectivity index (χ2n) is 6.68. The zero-order valence-corrected chi connectivity index (χ0v) is 19.6. The molecule has 0 aliphatic rings. The lowest BCUT2D eigenvalue weighted by Gasteiger charge is -2.14. The highest BCUT2D eigenvalue weighted by Crippen LogP contribution is 2.36. The van der Waals surface area contributed by atoms with Crippen molar-refractivity contribution in [3.05, 3.63) is 55.4 Å². The molecule has 1 atom stereocenters. The molecule has 0 aliphatic carbocycles. The van der Waals surface area contributed by atoms with Crippen LogP contribution in [0.25, 0.3) is 0 Å². The monoisotopic (exact) mass is 549 g/mol. The van der Waals surface area contributed by atoms with E-state index in [1.54, 1.807) is 44.2 Å². The smallest absolute Gasteiger partial charge is 0.338 e. The third kappa shape index (κ3) is 6.97. The Balaban J connectivity index is 2.14. The summed E-state index contributed by atoms with van der Waals surface area (Å²) in [5, 5.41) is 12.0. The molecule has 5 nitrogen and oxygen atoms in total. The van der Waals surface area contributed by atoms with Crippen LogP contribution in [0.2, 0.25) is 5.02 Å². The van der Waals surface area contributed by atoms with Crippen LogP contribution in [0.5, 0.6) is 5.75 Å². The molecule has 0 radical (unpaired) electrons. The molecule has 0 heterocycles. The number of hydrogen-bond acceptors (Lipinski definition) is 3. The van der Waals surface area contributed by atoms with Crippen LogP contribution in [0.4, 0.5) is 10.1 Å². The first-order valence-corrected chi connectivity index (χ1v) is 10.6. The minimum Gasteiger partial charge on any atom is -0.487 e. The van der Waals surface area contributed by atoms with Gasteiger partial charge in [-0.15, -0.1) is 0 Å². The molecule has 9 heteroatoms. The lowest BCUT2D eigenvalue weighted by Crippen LogP contribution is -2.17. The number of ether oxygens (including phenoxy) is 1. The summed E-state index contributed by atoms with van der Waals surface area (Å²) < 4.78 is 20.4. The van der Waals surface area contributed by atoms with Gasteiger partial charge < -0.3 is 15.2 Å². The number of nitrogens with one attached hydrogen (secondary N) is 1. The number of benzene rings is 2. The van der Waals surface area contributed by atoms with Gasteiger partial charge >= 0.3 is 5.97 Å². The lowest BCUT2D eigenvalue weighted by atomic mass is 10.1. The van der Waals surface area contributed by atoms with Crippen LogP contribution < -0.4 is 10.1 Å². The number of alkyl halides is 1. The summed E-state index contributed by atoms with van der Waals surface area (Å²) in [5.74, 6) is -1.30. The fraction of sp³-hybridized carbons (Fsp3) is 0.300. The molecule has 2 N–H and O–H groups in total. The highest BCUT2D eigenvalue weighted by Gasteiger charge is 2.18. The average Bonchev–Trinajstić information content (AvgIpc) is 2.60. The van der Waals surface area contributed by atoms with Crippen LogP contribution in [0.15, 0.2) is 39.3 Å². The Morgan fingerprint density at radius 2 is 1.76 bits per heavy atom. The van der Waals surface area contributed by atoms with Gasteiger partial charge in [0.05, 0.1) is 8.95 Å². The molecule has 1 amide bonds. The Morgan fingerprint density at radius 3 is 2.31 bits per heavy atom. The van der Waals surface area contributed by atoms with E-state index in [2.05, 4.69) is 37.2 Å². The van der Waals surface area contributed by atoms with Crippen molar-refractivity contribution in [1.82, 2.24) is 0 Å². The number of hydrogen-bond donors (Lipinski definition) is 2. The SMILES string of the molecule is CC(C)C(=O)Nc1cc(Cl)cc(COc2c(Br)cc(CC(F)C(=O)O)cc2Br)c1. The summed E-state index contributed by atoms with van der Waals surface area (Å²) in [7, 11) is 0. The predicted molar refractivity (Wildman–Crippen MR) is 117 cm³/mol. The molecule has 0 aliphatic heterocycles. The molecular formula is C20H19Br2ClFNO4. The van der Waals surface area contributed by atoms with Crippen molar-refractivity contribution >= 4 is 61.0 Å². The van der Waals surface area contributed by atoms with Gasteiger partial charge in [0.2, 0.25) is 12.1 Å². The summed E-state index contributed by atoms with van der Waals surface area (Å²) in [5.41, 5.74) is 1.83. The third-order valence-corrected chi connectivity index (χ3v) is 5.27. The van der Waals surface area contributed by atoms with E-state index >= 15 is 0 Å². The number of anilines is 1. The highest BCUT2D eigenvalue weighted by atomic mass is 79.9. The molecule has 0 fully saturated rings. The largest absolute Gasteiger partial charge is 0.487 e. The van der Waals surface area contributed by atoms with Gasteiger partial charge in [0.25, 0.3) is 0 Å². The standard InChI is InChI=1S/C20H19Br2ClFNO4/c1-10(2)19(26)25-14-4-12(3-13(23)8-14)9-29-18-15(21)5-11(6-16(18)22)7-17(24)20(27)28/h3-6,8,10,17H,7,9H2,1-2H3,(H,25,26)(H,27,28). The number of halogens is 4. The maximum absolute atomic E-state index is 13.5. The van der Waals surface area contributed by atoms with Crippen molar-refractivity contribution in [3.63, 3.8) is 0 Å². The van der Waals surface area contributed by atoms with E-state index in [-0.39, 0.29) is 24.9 Å². The summed E-state index contributed by atoms with van der Waals surface area (Å²) in [6.07, 6.45) is -2.23. The Hall–Kier alpha value is -1.64. The molecule has 0 aromatic heterocycles. The van der Waals surface area contributed by atoms with Gasteiger partial charge in [-0.3, -0.25) is 4.79 Å². The summed E-state index contributed by atoms with van der Waals surface area (Å²) in [6, 6.07) is 8.37. The maximum atomic E-state index is 13.5. The highest BCUT2D eigenvalue weighted by molar-refractivity contribution is 9.11. The first kappa shape index (κ1) is 23.6. The molecule has 0 saturated heterocycles. The zero-order valence-electron chi connectivity index (χ0n) is 15.6. The van der Waals surface area contributed by atoms with Gasteiger partial charge in [0.1, 0.15) is 12.4 Å². The number of carbonyl (C=O) groups is 2. The molecule has 2 aromatic rings. The van der Waals surface area contributed by atoms with Gasteiger partial charge in [-0.1, -0.05) is 25.4 Å². The van der Waals surface area contributed by atoms with Crippen molar-refractivity contribution in [1.29, 1.82) is 0 Å². The number of amides is 1. The Morgan fingerprint density at radius 1 is 1.14 bits per heavy atom. The minimum atomic E-state index is -1.98. The molecule has 2 aromatic carbocycles. The third-order valence-electron chi connectivity index (χ3n) is 3.87. The van der Waals surface area contributed by atoms with E-state index in [0.29, 0.717) is 31.0 Å². The molecule has 1 unspecified atom stereocenters. The van der Waals surface area contributed by atoms with E-state index in [4.69, 9.17) is 21.4 Å². The number of aliphatic carboxylic acids is 1.